The lowest BCUT2D eigenvalue weighted by atomic mass is 9.97. The van der Waals surface area contributed by atoms with Gasteiger partial charge in [0.2, 0.25) is 0 Å². The second-order valence-corrected chi connectivity index (χ2v) is 9.95. The van der Waals surface area contributed by atoms with Crippen LogP contribution < -0.4 is 16.0 Å². The number of aromatic nitrogens is 2. The zero-order valence-electron chi connectivity index (χ0n) is 17.8. The Hall–Kier alpha value is -2.64. The summed E-state index contributed by atoms with van der Waals surface area (Å²) in [4.78, 5) is 29.4. The van der Waals surface area contributed by atoms with Gasteiger partial charge < -0.3 is 4.74 Å². The monoisotopic (exact) mass is 510 g/mol. The second-order valence-electron chi connectivity index (χ2n) is 7.95. The topological polar surface area (TPSA) is 53.2 Å². The number of thiophene rings is 1. The highest BCUT2D eigenvalue weighted by atomic mass is 79.9. The molecule has 0 aliphatic heterocycles. The van der Waals surface area contributed by atoms with Crippen LogP contribution in [0.15, 0.2) is 62.6 Å². The minimum atomic E-state index is -0.312. The molecular formula is C25H23BrN2O3S. The number of fused-ring (bicyclic) bond motifs is 3. The lowest BCUT2D eigenvalue weighted by Crippen LogP contribution is -2.39. The summed E-state index contributed by atoms with van der Waals surface area (Å²) in [5, 5.41) is 0.704. The van der Waals surface area contributed by atoms with Gasteiger partial charge in [0.25, 0.3) is 5.56 Å². The Labute approximate surface area is 198 Å². The minimum Gasteiger partial charge on any atom is -0.494 e. The van der Waals surface area contributed by atoms with Crippen molar-refractivity contribution in [1.82, 2.24) is 9.13 Å². The summed E-state index contributed by atoms with van der Waals surface area (Å²) in [6, 6.07) is 15.1. The fourth-order valence-electron chi connectivity index (χ4n) is 4.37. The van der Waals surface area contributed by atoms with Gasteiger partial charge in [-0.25, -0.2) is 9.36 Å². The summed E-state index contributed by atoms with van der Waals surface area (Å²) >= 11 is 5.08. The second kappa shape index (κ2) is 8.71. The van der Waals surface area contributed by atoms with E-state index in [-0.39, 0.29) is 11.2 Å². The van der Waals surface area contributed by atoms with Crippen molar-refractivity contribution in [2.75, 3.05) is 6.61 Å². The predicted molar refractivity (Wildman–Crippen MR) is 133 cm³/mol. The molecule has 7 heteroatoms. The maximum Gasteiger partial charge on any atom is 0.337 e. The number of rotatable bonds is 5. The van der Waals surface area contributed by atoms with Crippen molar-refractivity contribution in [2.45, 2.75) is 39.2 Å². The van der Waals surface area contributed by atoms with Crippen LogP contribution in [0.1, 0.15) is 35.8 Å². The molecule has 0 unspecified atom stereocenters. The summed E-state index contributed by atoms with van der Waals surface area (Å²) in [5.74, 6) is 0.716. The largest absolute Gasteiger partial charge is 0.494 e. The van der Waals surface area contributed by atoms with Crippen molar-refractivity contribution in [3.05, 3.63) is 89.8 Å². The van der Waals surface area contributed by atoms with Crippen LogP contribution in [0.5, 0.6) is 5.75 Å². The van der Waals surface area contributed by atoms with Crippen molar-refractivity contribution in [1.29, 1.82) is 0 Å². The predicted octanol–water partition coefficient (Wildman–Crippen LogP) is 5.30. The van der Waals surface area contributed by atoms with Gasteiger partial charge in [-0.2, -0.15) is 0 Å². The zero-order valence-corrected chi connectivity index (χ0v) is 20.2. The van der Waals surface area contributed by atoms with E-state index >= 15 is 0 Å². The molecule has 0 fully saturated rings. The van der Waals surface area contributed by atoms with Gasteiger partial charge in [0.1, 0.15) is 10.6 Å². The fraction of sp³-hybridized carbons (Fsp3) is 0.280. The van der Waals surface area contributed by atoms with E-state index in [1.807, 2.05) is 31.2 Å². The third kappa shape index (κ3) is 3.73. The molecule has 0 bridgehead atoms. The lowest BCUT2D eigenvalue weighted by Gasteiger charge is -2.14. The molecule has 32 heavy (non-hydrogen) atoms. The van der Waals surface area contributed by atoms with Gasteiger partial charge in [-0.3, -0.25) is 9.36 Å². The Morgan fingerprint density at radius 1 is 1.00 bits per heavy atom. The Morgan fingerprint density at radius 2 is 1.72 bits per heavy atom. The smallest absolute Gasteiger partial charge is 0.337 e. The summed E-state index contributed by atoms with van der Waals surface area (Å²) in [6.45, 7) is 2.90. The Morgan fingerprint density at radius 3 is 2.44 bits per heavy atom. The molecule has 4 aromatic rings. The molecule has 0 saturated carbocycles. The van der Waals surface area contributed by atoms with Crippen LogP contribution >= 0.6 is 27.3 Å². The molecule has 0 saturated heterocycles. The van der Waals surface area contributed by atoms with Crippen molar-refractivity contribution < 1.29 is 4.74 Å². The van der Waals surface area contributed by atoms with Crippen LogP contribution in [0.2, 0.25) is 0 Å². The van der Waals surface area contributed by atoms with Crippen molar-refractivity contribution >= 4 is 37.5 Å². The molecule has 0 atom stereocenters. The van der Waals surface area contributed by atoms with Crippen LogP contribution in [0, 0.1) is 0 Å². The SMILES string of the molecule is CCOc1ccc(-n2c(=O)c3c4c(sc3n(Cc3ccc(Br)cc3)c2=O)CCCC4)cc1. The van der Waals surface area contributed by atoms with E-state index in [0.29, 0.717) is 30.0 Å². The first-order valence-corrected chi connectivity index (χ1v) is 12.5. The fourth-order valence-corrected chi connectivity index (χ4v) is 6.00. The lowest BCUT2D eigenvalue weighted by molar-refractivity contribution is 0.340. The van der Waals surface area contributed by atoms with E-state index in [0.717, 1.165) is 46.1 Å². The molecule has 164 valence electrons. The van der Waals surface area contributed by atoms with Gasteiger partial charge in [0, 0.05) is 9.35 Å². The van der Waals surface area contributed by atoms with Crippen LogP contribution in [-0.2, 0) is 19.4 Å². The van der Waals surface area contributed by atoms with E-state index in [9.17, 15) is 9.59 Å². The zero-order chi connectivity index (χ0) is 22.2. The third-order valence-corrected chi connectivity index (χ3v) is 7.74. The normalized spacial score (nSPS) is 13.3. The molecule has 5 nitrogen and oxygen atoms in total. The number of hydrogen-bond donors (Lipinski definition) is 0. The van der Waals surface area contributed by atoms with E-state index in [4.69, 9.17) is 4.74 Å². The molecule has 2 aromatic heterocycles. The van der Waals surface area contributed by atoms with Gasteiger partial charge in [0.15, 0.2) is 0 Å². The first-order valence-electron chi connectivity index (χ1n) is 10.8. The maximum atomic E-state index is 13.7. The maximum absolute atomic E-state index is 13.7. The minimum absolute atomic E-state index is 0.222. The number of hydrogen-bond acceptors (Lipinski definition) is 4. The van der Waals surface area contributed by atoms with Crippen LogP contribution in [0.25, 0.3) is 15.9 Å². The van der Waals surface area contributed by atoms with E-state index in [1.54, 1.807) is 40.2 Å². The molecule has 2 aromatic carbocycles. The molecule has 1 aliphatic carbocycles. The van der Waals surface area contributed by atoms with Gasteiger partial charge >= 0.3 is 5.69 Å². The quantitative estimate of drug-likeness (QED) is 0.365. The Bertz CT molecular complexity index is 1400. The number of ether oxygens (including phenoxy) is 1. The summed E-state index contributed by atoms with van der Waals surface area (Å²) in [5.41, 5.74) is 2.17. The Balaban J connectivity index is 1.75. The van der Waals surface area contributed by atoms with Gasteiger partial charge in [-0.15, -0.1) is 11.3 Å². The van der Waals surface area contributed by atoms with Gasteiger partial charge in [-0.1, -0.05) is 28.1 Å². The van der Waals surface area contributed by atoms with Gasteiger partial charge in [0.05, 0.1) is 24.2 Å². The summed E-state index contributed by atoms with van der Waals surface area (Å²) in [7, 11) is 0. The molecule has 0 radical (unpaired) electrons. The van der Waals surface area contributed by atoms with Gasteiger partial charge in [-0.05, 0) is 80.1 Å². The van der Waals surface area contributed by atoms with E-state index in [2.05, 4.69) is 15.9 Å². The molecule has 5 rings (SSSR count). The number of nitrogens with zero attached hydrogens (tertiary/aromatic N) is 2. The van der Waals surface area contributed by atoms with Crippen LogP contribution in [0.3, 0.4) is 0 Å². The average molecular weight is 511 g/mol. The molecule has 1 aliphatic rings. The van der Waals surface area contributed by atoms with Crippen molar-refractivity contribution in [3.8, 4) is 11.4 Å². The van der Waals surface area contributed by atoms with Crippen LogP contribution in [-0.4, -0.2) is 15.7 Å². The number of halogens is 1. The summed E-state index contributed by atoms with van der Waals surface area (Å²) < 4.78 is 9.60. The van der Waals surface area contributed by atoms with Crippen molar-refractivity contribution in [3.63, 3.8) is 0 Å². The first kappa shape index (κ1) is 21.2. The number of benzene rings is 2. The highest BCUT2D eigenvalue weighted by molar-refractivity contribution is 9.10. The highest BCUT2D eigenvalue weighted by Gasteiger charge is 2.24. The first-order chi connectivity index (χ1) is 15.6. The molecule has 0 spiro atoms. The van der Waals surface area contributed by atoms with Crippen molar-refractivity contribution in [2.24, 2.45) is 0 Å². The van der Waals surface area contributed by atoms with Crippen LogP contribution in [0.4, 0.5) is 0 Å². The molecular weight excluding hydrogens is 488 g/mol. The van der Waals surface area contributed by atoms with E-state index < -0.39 is 0 Å². The molecule has 0 N–H and O–H groups in total. The number of aryl methyl sites for hydroxylation is 2. The molecule has 2 heterocycles. The Kier molecular flexibility index (Phi) is 5.78. The average Bonchev–Trinajstić information content (AvgIpc) is 3.19. The molecule has 0 amide bonds. The third-order valence-electron chi connectivity index (χ3n) is 5.90. The summed E-state index contributed by atoms with van der Waals surface area (Å²) in [6.07, 6.45) is 4.07. The van der Waals surface area contributed by atoms with E-state index in [1.165, 1.54) is 9.44 Å². The standard InChI is InChI=1S/C25H23BrN2O3S/c1-2-31-19-13-11-18(12-14-19)28-23(29)22-20-5-3-4-6-21(20)32-24(22)27(25(28)30)15-16-7-9-17(26)10-8-16/h7-14H,2-6,15H2,1H3. The highest BCUT2D eigenvalue weighted by Crippen LogP contribution is 2.34.